The molecule has 1 saturated heterocycles. The Bertz CT molecular complexity index is 1220. The van der Waals surface area contributed by atoms with Crippen molar-refractivity contribution in [3.63, 3.8) is 0 Å². The number of piperazine rings is 1. The summed E-state index contributed by atoms with van der Waals surface area (Å²) >= 11 is 0. The van der Waals surface area contributed by atoms with Crippen LogP contribution in [0.3, 0.4) is 0 Å². The lowest BCUT2D eigenvalue weighted by Crippen LogP contribution is -2.49. The van der Waals surface area contributed by atoms with Crippen molar-refractivity contribution in [1.29, 1.82) is 0 Å². The number of para-hydroxylation sites is 1. The first-order valence-corrected chi connectivity index (χ1v) is 12.2. The molecule has 3 aromatic rings. The molecular formula is C22H24FN5O4S. The third-order valence-electron chi connectivity index (χ3n) is 5.09. The Labute approximate surface area is 191 Å². The van der Waals surface area contributed by atoms with Gasteiger partial charge in [0, 0.05) is 45.0 Å². The molecule has 0 radical (unpaired) electrons. The van der Waals surface area contributed by atoms with Gasteiger partial charge in [-0.1, -0.05) is 24.3 Å². The summed E-state index contributed by atoms with van der Waals surface area (Å²) in [5, 5.41) is 3.98. The van der Waals surface area contributed by atoms with Crippen LogP contribution in [0.2, 0.25) is 0 Å². The van der Waals surface area contributed by atoms with Gasteiger partial charge in [0.25, 0.3) is 0 Å². The highest BCUT2D eigenvalue weighted by Gasteiger charge is 2.23. The number of carbonyl (C=O) groups is 1. The average Bonchev–Trinajstić information content (AvgIpc) is 3.23. The second-order valence-electron chi connectivity index (χ2n) is 7.75. The normalized spacial score (nSPS) is 14.8. The highest BCUT2D eigenvalue weighted by molar-refractivity contribution is 7.92. The number of hydrogen-bond acceptors (Lipinski definition) is 6. The number of aromatic nitrogens is 2. The summed E-state index contributed by atoms with van der Waals surface area (Å²) in [6, 6.07) is 15.0. The summed E-state index contributed by atoms with van der Waals surface area (Å²) in [7, 11) is -3.46. The van der Waals surface area contributed by atoms with Gasteiger partial charge in [-0.25, -0.2) is 17.6 Å². The van der Waals surface area contributed by atoms with Gasteiger partial charge in [-0.2, -0.15) is 4.68 Å². The SMILES string of the molecule is CS(=O)(=O)Nc1ccn(C(=O)N2CCN(Cc3ccc(F)c(Oc4ccccc4)c3)CC2)n1. The molecule has 2 heterocycles. The predicted octanol–water partition coefficient (Wildman–Crippen LogP) is 2.97. The number of nitrogens with one attached hydrogen (secondary N) is 1. The van der Waals surface area contributed by atoms with Crippen LogP contribution >= 0.6 is 0 Å². The number of hydrogen-bond donors (Lipinski definition) is 1. The molecule has 33 heavy (non-hydrogen) atoms. The standard InChI is InChI=1S/C22H24FN5O4S/c1-33(30,31)25-21-9-10-28(24-21)22(29)27-13-11-26(12-14-27)16-17-7-8-19(23)20(15-17)32-18-5-3-2-4-6-18/h2-10,15H,11-14,16H2,1H3,(H,24,25). The molecule has 0 aliphatic carbocycles. The zero-order valence-corrected chi connectivity index (χ0v) is 18.8. The van der Waals surface area contributed by atoms with Gasteiger partial charge < -0.3 is 9.64 Å². The number of nitrogens with zero attached hydrogens (tertiary/aromatic N) is 4. The van der Waals surface area contributed by atoms with Crippen molar-refractivity contribution in [2.75, 3.05) is 37.2 Å². The molecule has 0 atom stereocenters. The lowest BCUT2D eigenvalue weighted by atomic mass is 10.1. The Morgan fingerprint density at radius 3 is 2.52 bits per heavy atom. The maximum absolute atomic E-state index is 14.2. The molecule has 0 saturated carbocycles. The van der Waals surface area contributed by atoms with E-state index >= 15 is 0 Å². The van der Waals surface area contributed by atoms with Gasteiger partial charge in [0.2, 0.25) is 10.0 Å². The molecule has 1 fully saturated rings. The fourth-order valence-electron chi connectivity index (χ4n) is 3.52. The number of carbonyl (C=O) groups excluding carboxylic acids is 1. The quantitative estimate of drug-likeness (QED) is 0.591. The van der Waals surface area contributed by atoms with Crippen LogP contribution in [0, 0.1) is 5.82 Å². The second kappa shape index (κ2) is 9.59. The lowest BCUT2D eigenvalue weighted by Gasteiger charge is -2.34. The highest BCUT2D eigenvalue weighted by atomic mass is 32.2. The Morgan fingerprint density at radius 1 is 1.09 bits per heavy atom. The van der Waals surface area contributed by atoms with Crippen LogP contribution in [-0.4, -0.2) is 66.5 Å². The third-order valence-corrected chi connectivity index (χ3v) is 5.67. The van der Waals surface area contributed by atoms with Gasteiger partial charge in [0.15, 0.2) is 17.4 Å². The number of anilines is 1. The molecule has 0 unspecified atom stereocenters. The predicted molar refractivity (Wildman–Crippen MR) is 121 cm³/mol. The molecule has 0 spiro atoms. The van der Waals surface area contributed by atoms with Crippen LogP contribution < -0.4 is 9.46 Å². The van der Waals surface area contributed by atoms with E-state index in [-0.39, 0.29) is 17.6 Å². The molecule has 1 aliphatic heterocycles. The molecule has 1 aromatic heterocycles. The molecule has 174 valence electrons. The van der Waals surface area contributed by atoms with Crippen molar-refractivity contribution in [1.82, 2.24) is 19.6 Å². The lowest BCUT2D eigenvalue weighted by molar-refractivity contribution is 0.134. The molecular weight excluding hydrogens is 449 g/mol. The summed E-state index contributed by atoms with van der Waals surface area (Å²) in [4.78, 5) is 16.5. The van der Waals surface area contributed by atoms with Gasteiger partial charge in [0.1, 0.15) is 5.75 Å². The molecule has 11 heteroatoms. The van der Waals surface area contributed by atoms with Gasteiger partial charge in [0.05, 0.1) is 6.26 Å². The highest BCUT2D eigenvalue weighted by Crippen LogP contribution is 2.26. The van der Waals surface area contributed by atoms with Crippen LogP contribution in [0.5, 0.6) is 11.5 Å². The molecule has 2 aromatic carbocycles. The van der Waals surface area contributed by atoms with Crippen molar-refractivity contribution in [2.45, 2.75) is 6.54 Å². The van der Waals surface area contributed by atoms with E-state index in [1.807, 2.05) is 18.2 Å². The fraction of sp³-hybridized carbons (Fsp3) is 0.273. The maximum atomic E-state index is 14.2. The van der Waals surface area contributed by atoms with E-state index in [9.17, 15) is 17.6 Å². The number of amides is 1. The average molecular weight is 474 g/mol. The second-order valence-corrected chi connectivity index (χ2v) is 9.49. The van der Waals surface area contributed by atoms with E-state index in [2.05, 4.69) is 14.7 Å². The summed E-state index contributed by atoms with van der Waals surface area (Å²) < 4.78 is 45.8. The number of sulfonamides is 1. The van der Waals surface area contributed by atoms with E-state index < -0.39 is 15.8 Å². The van der Waals surface area contributed by atoms with E-state index in [0.29, 0.717) is 38.5 Å². The monoisotopic (exact) mass is 473 g/mol. The first-order valence-electron chi connectivity index (χ1n) is 10.3. The topological polar surface area (TPSA) is 96.8 Å². The minimum Gasteiger partial charge on any atom is -0.454 e. The van der Waals surface area contributed by atoms with Crippen molar-refractivity contribution in [3.05, 3.63) is 72.2 Å². The molecule has 1 amide bonds. The van der Waals surface area contributed by atoms with Gasteiger partial charge >= 0.3 is 6.03 Å². The van der Waals surface area contributed by atoms with E-state index in [0.717, 1.165) is 16.5 Å². The Morgan fingerprint density at radius 2 is 1.82 bits per heavy atom. The van der Waals surface area contributed by atoms with Gasteiger partial charge in [-0.15, -0.1) is 5.10 Å². The van der Waals surface area contributed by atoms with Crippen molar-refractivity contribution in [2.24, 2.45) is 0 Å². The smallest absolute Gasteiger partial charge is 0.344 e. The first kappa shape index (κ1) is 22.7. The summed E-state index contributed by atoms with van der Waals surface area (Å²) in [6.07, 6.45) is 2.44. The van der Waals surface area contributed by atoms with E-state index in [4.69, 9.17) is 4.74 Å². The summed E-state index contributed by atoms with van der Waals surface area (Å²) in [6.45, 7) is 2.84. The Kier molecular flexibility index (Phi) is 6.61. The zero-order valence-electron chi connectivity index (χ0n) is 18.0. The number of rotatable bonds is 6. The minimum absolute atomic E-state index is 0.0920. The Hall–Kier alpha value is -3.44. The van der Waals surface area contributed by atoms with E-state index in [1.165, 1.54) is 18.3 Å². The summed E-state index contributed by atoms with van der Waals surface area (Å²) in [5.74, 6) is 0.398. The number of halogens is 1. The van der Waals surface area contributed by atoms with Crippen molar-refractivity contribution >= 4 is 21.9 Å². The maximum Gasteiger partial charge on any atom is 0.344 e. The molecule has 1 aliphatic rings. The van der Waals surface area contributed by atoms with Crippen LogP contribution in [0.1, 0.15) is 5.56 Å². The van der Waals surface area contributed by atoms with Crippen LogP contribution in [0.4, 0.5) is 15.0 Å². The molecule has 9 nitrogen and oxygen atoms in total. The fourth-order valence-corrected chi connectivity index (χ4v) is 4.00. The number of ether oxygens (including phenoxy) is 1. The first-order chi connectivity index (χ1) is 15.8. The van der Waals surface area contributed by atoms with Crippen LogP contribution in [0.25, 0.3) is 0 Å². The van der Waals surface area contributed by atoms with Gasteiger partial charge in [-0.05, 0) is 29.8 Å². The van der Waals surface area contributed by atoms with Crippen LogP contribution in [-0.2, 0) is 16.6 Å². The van der Waals surface area contributed by atoms with Crippen molar-refractivity contribution < 1.29 is 22.3 Å². The minimum atomic E-state index is -3.46. The number of benzene rings is 2. The molecule has 4 rings (SSSR count). The van der Waals surface area contributed by atoms with Crippen molar-refractivity contribution in [3.8, 4) is 11.5 Å². The van der Waals surface area contributed by atoms with Crippen LogP contribution in [0.15, 0.2) is 60.8 Å². The zero-order chi connectivity index (χ0) is 23.4. The Balaban J connectivity index is 1.33. The third kappa shape index (κ3) is 6.08. The summed E-state index contributed by atoms with van der Waals surface area (Å²) in [5.41, 5.74) is 0.908. The molecule has 1 N–H and O–H groups in total. The largest absolute Gasteiger partial charge is 0.454 e. The van der Waals surface area contributed by atoms with Gasteiger partial charge in [-0.3, -0.25) is 9.62 Å². The molecule has 0 bridgehead atoms. The van der Waals surface area contributed by atoms with E-state index in [1.54, 1.807) is 29.2 Å².